The van der Waals surface area contributed by atoms with Crippen molar-refractivity contribution in [2.75, 3.05) is 31.9 Å². The standard InChI is InChI=1S/C34H43F3N6O4S/c1-23(2)21-42(43(47)48-28-13-11-27(38)12-14-28)22-30(44)29(17-24-7-4-3-5-8-24)41-32(46)19-39-31(45)20-40-33(15-16-33)25-9-6-10-26(18-25)34(35,36)37/h3-14,18,23,29-30,40,44,47H,15-17,19-22,38H2,1-2H3,(H,39,45)(H,41,46)/t29-,30?/m0/s1. The number of aliphatic hydroxyl groups is 1. The molecule has 2 atom stereocenters. The number of anilines is 1. The van der Waals surface area contributed by atoms with Gasteiger partial charge in [0.05, 0.1) is 30.8 Å². The first-order valence-electron chi connectivity index (χ1n) is 15.7. The molecule has 4 rings (SSSR count). The van der Waals surface area contributed by atoms with E-state index in [0.29, 0.717) is 30.6 Å². The molecule has 0 heterocycles. The minimum absolute atomic E-state index is 0.0116. The maximum absolute atomic E-state index is 13.2. The first-order valence-corrected chi connectivity index (χ1v) is 16.5. The Morgan fingerprint density at radius 3 is 2.27 bits per heavy atom. The lowest BCUT2D eigenvalue weighted by Crippen LogP contribution is -2.54. The monoisotopic (exact) mass is 688 g/mol. The number of rotatable bonds is 17. The molecule has 48 heavy (non-hydrogen) atoms. The summed E-state index contributed by atoms with van der Waals surface area (Å²) in [4.78, 5) is 26.4. The highest BCUT2D eigenvalue weighted by Crippen LogP contribution is 2.46. The van der Waals surface area contributed by atoms with Gasteiger partial charge in [0.25, 0.3) is 0 Å². The van der Waals surface area contributed by atoms with E-state index < -0.39 is 41.2 Å². The number of halogens is 3. The van der Waals surface area contributed by atoms with E-state index in [0.717, 1.165) is 39.1 Å². The molecule has 0 saturated heterocycles. The van der Waals surface area contributed by atoms with Crippen LogP contribution in [0.3, 0.4) is 0 Å². The number of hydrogen-bond acceptors (Lipinski definition) is 9. The molecule has 0 aromatic heterocycles. The van der Waals surface area contributed by atoms with Crippen LogP contribution in [-0.2, 0) is 27.7 Å². The summed E-state index contributed by atoms with van der Waals surface area (Å²) >= 11 is 1.05. The third-order valence-electron chi connectivity index (χ3n) is 7.92. The zero-order valence-electron chi connectivity index (χ0n) is 26.9. The van der Waals surface area contributed by atoms with Gasteiger partial charge in [-0.15, -0.1) is 0 Å². The van der Waals surface area contributed by atoms with E-state index in [1.165, 1.54) is 6.07 Å². The normalized spacial score (nSPS) is 15.4. The lowest BCUT2D eigenvalue weighted by atomic mass is 10.0. The van der Waals surface area contributed by atoms with Crippen LogP contribution >= 0.6 is 11.9 Å². The predicted molar refractivity (Wildman–Crippen MR) is 178 cm³/mol. The number of carbonyl (C=O) groups excluding carboxylic acids is 2. The topological polar surface area (TPSA) is 143 Å². The molecule has 3 aromatic rings. The third kappa shape index (κ3) is 11.2. The summed E-state index contributed by atoms with van der Waals surface area (Å²) in [5.74, 6) is -0.898. The summed E-state index contributed by atoms with van der Waals surface area (Å²) in [5.41, 5.74) is 6.22. The average molecular weight is 689 g/mol. The molecule has 1 aliphatic rings. The second-order valence-corrected chi connectivity index (χ2v) is 13.4. The summed E-state index contributed by atoms with van der Waals surface area (Å²) in [7, 11) is 0. The summed E-state index contributed by atoms with van der Waals surface area (Å²) in [6.07, 6.45) is -4.13. The SMILES string of the molecule is CC(C)CN(CC(O)[C@H](Cc1ccccc1)NC(=O)CNC(=O)CNC1(c2cccc(C(F)(F)F)c2)CC1)N(O)Sc1ccc(N)cc1. The Morgan fingerprint density at radius 1 is 0.958 bits per heavy atom. The molecule has 0 radical (unpaired) electrons. The minimum atomic E-state index is -4.47. The van der Waals surface area contributed by atoms with Crippen LogP contribution < -0.4 is 21.7 Å². The summed E-state index contributed by atoms with van der Waals surface area (Å²) in [6, 6.07) is 20.6. The van der Waals surface area contributed by atoms with E-state index in [4.69, 9.17) is 5.73 Å². The Balaban J connectivity index is 1.35. The van der Waals surface area contributed by atoms with Crippen LogP contribution in [0.4, 0.5) is 18.9 Å². The predicted octanol–water partition coefficient (Wildman–Crippen LogP) is 4.34. The molecule has 0 spiro atoms. The van der Waals surface area contributed by atoms with E-state index in [1.807, 2.05) is 44.2 Å². The van der Waals surface area contributed by atoms with E-state index >= 15 is 0 Å². The highest BCUT2D eigenvalue weighted by atomic mass is 32.2. The molecule has 1 fully saturated rings. The van der Waals surface area contributed by atoms with Crippen molar-refractivity contribution in [2.24, 2.45) is 5.92 Å². The molecule has 14 heteroatoms. The number of hydrazine groups is 1. The van der Waals surface area contributed by atoms with Crippen molar-refractivity contribution in [3.05, 3.63) is 95.6 Å². The summed E-state index contributed by atoms with van der Waals surface area (Å²) < 4.78 is 40.6. The van der Waals surface area contributed by atoms with E-state index in [1.54, 1.807) is 35.3 Å². The third-order valence-corrected chi connectivity index (χ3v) is 8.80. The largest absolute Gasteiger partial charge is 0.416 e. The van der Waals surface area contributed by atoms with Gasteiger partial charge in [-0.25, -0.2) is 5.01 Å². The molecular weight excluding hydrogens is 645 g/mol. The number of hydrogen-bond donors (Lipinski definition) is 6. The first kappa shape index (κ1) is 37.2. The first-order chi connectivity index (χ1) is 22.7. The van der Waals surface area contributed by atoms with Crippen LogP contribution in [0.1, 0.15) is 43.4 Å². The zero-order valence-corrected chi connectivity index (χ0v) is 27.7. The zero-order chi connectivity index (χ0) is 34.9. The number of nitrogen functional groups attached to an aromatic ring is 1. The molecule has 1 unspecified atom stereocenters. The highest BCUT2D eigenvalue weighted by Gasteiger charge is 2.45. The second kappa shape index (κ2) is 16.6. The van der Waals surface area contributed by atoms with Gasteiger partial charge in [-0.3, -0.25) is 20.1 Å². The highest BCUT2D eigenvalue weighted by molar-refractivity contribution is 7.96. The number of carbonyl (C=O) groups is 2. The van der Waals surface area contributed by atoms with Gasteiger partial charge < -0.3 is 21.5 Å². The number of benzene rings is 3. The van der Waals surface area contributed by atoms with Crippen molar-refractivity contribution >= 4 is 29.4 Å². The van der Waals surface area contributed by atoms with Crippen LogP contribution in [0.5, 0.6) is 0 Å². The van der Waals surface area contributed by atoms with Gasteiger partial charge in [-0.1, -0.05) is 60.9 Å². The fourth-order valence-electron chi connectivity index (χ4n) is 5.25. The Morgan fingerprint density at radius 2 is 1.65 bits per heavy atom. The molecule has 3 aromatic carbocycles. The van der Waals surface area contributed by atoms with E-state index in [2.05, 4.69) is 16.0 Å². The van der Waals surface area contributed by atoms with Crippen molar-refractivity contribution < 1.29 is 33.1 Å². The van der Waals surface area contributed by atoms with Crippen molar-refractivity contribution in [3.63, 3.8) is 0 Å². The number of nitrogens with zero attached hydrogens (tertiary/aromatic N) is 2. The fourth-order valence-corrected chi connectivity index (χ4v) is 5.94. The van der Waals surface area contributed by atoms with Crippen LogP contribution in [0.25, 0.3) is 0 Å². The minimum Gasteiger partial charge on any atom is -0.399 e. The van der Waals surface area contributed by atoms with Crippen LogP contribution in [0.15, 0.2) is 83.8 Å². The van der Waals surface area contributed by atoms with Gasteiger partial charge in [0.1, 0.15) is 0 Å². The molecule has 260 valence electrons. The molecule has 0 aliphatic heterocycles. The van der Waals surface area contributed by atoms with Crippen molar-refractivity contribution in [1.29, 1.82) is 0 Å². The Kier molecular flexibility index (Phi) is 12.9. The van der Waals surface area contributed by atoms with E-state index in [9.17, 15) is 33.1 Å². The average Bonchev–Trinajstić information content (AvgIpc) is 3.84. The maximum Gasteiger partial charge on any atom is 0.416 e. The Hall–Kier alpha value is -3.66. The van der Waals surface area contributed by atoms with Gasteiger partial charge in [-0.05, 0) is 72.7 Å². The van der Waals surface area contributed by atoms with Gasteiger partial charge >= 0.3 is 6.18 Å². The Labute approximate surface area is 282 Å². The molecule has 10 nitrogen and oxygen atoms in total. The molecule has 2 amide bonds. The van der Waals surface area contributed by atoms with Crippen LogP contribution in [-0.4, -0.2) is 70.0 Å². The number of nitrogens with one attached hydrogen (secondary N) is 3. The van der Waals surface area contributed by atoms with Gasteiger partial charge in [0, 0.05) is 41.2 Å². The molecular formula is C34H43F3N6O4S. The molecule has 1 saturated carbocycles. The van der Waals surface area contributed by atoms with Crippen molar-refractivity contribution in [1.82, 2.24) is 25.5 Å². The molecule has 1 aliphatic carbocycles. The molecule has 0 bridgehead atoms. The van der Waals surface area contributed by atoms with Crippen LogP contribution in [0.2, 0.25) is 0 Å². The lowest BCUT2D eigenvalue weighted by Gasteiger charge is -2.34. The fraction of sp³-hybridized carbons (Fsp3) is 0.412. The smallest absolute Gasteiger partial charge is 0.399 e. The van der Waals surface area contributed by atoms with Gasteiger partial charge in [0.15, 0.2) is 0 Å². The molecule has 7 N–H and O–H groups in total. The van der Waals surface area contributed by atoms with Gasteiger partial charge in [0.2, 0.25) is 11.8 Å². The lowest BCUT2D eigenvalue weighted by molar-refractivity contribution is -0.174. The number of amides is 2. The Bertz CT molecular complexity index is 1490. The van der Waals surface area contributed by atoms with Crippen molar-refractivity contribution in [2.45, 2.75) is 61.9 Å². The number of nitrogens with two attached hydrogens (primary N) is 1. The van der Waals surface area contributed by atoms with Crippen molar-refractivity contribution in [3.8, 4) is 0 Å². The maximum atomic E-state index is 13.2. The summed E-state index contributed by atoms with van der Waals surface area (Å²) in [6.45, 7) is 3.79. The van der Waals surface area contributed by atoms with Gasteiger partial charge in [-0.2, -0.15) is 13.2 Å². The summed E-state index contributed by atoms with van der Waals surface area (Å²) in [5, 5.41) is 32.4. The van der Waals surface area contributed by atoms with E-state index in [-0.39, 0.29) is 32.0 Å². The van der Waals surface area contributed by atoms with Crippen LogP contribution in [0, 0.1) is 5.92 Å². The second-order valence-electron chi connectivity index (χ2n) is 12.4. The quantitative estimate of drug-likeness (QED) is 0.0694. The number of aliphatic hydroxyl groups excluding tert-OH is 1. The number of alkyl halides is 3.